The minimum atomic E-state index is -0.121. The fraction of sp³-hybridized carbons (Fsp3) is 1.00. The first kappa shape index (κ1) is 16.9. The number of likely N-dealkylation sites (N-methyl/N-ethyl adjacent to an activating group) is 1. The summed E-state index contributed by atoms with van der Waals surface area (Å²) in [7, 11) is 0. The average Bonchev–Trinajstić information content (AvgIpc) is 2.40. The summed E-state index contributed by atoms with van der Waals surface area (Å²) in [6, 6.07) is 0. The summed E-state index contributed by atoms with van der Waals surface area (Å²) >= 11 is 0. The summed E-state index contributed by atoms with van der Waals surface area (Å²) in [6.07, 6.45) is 5.03. The number of aliphatic hydroxyl groups excluding tert-OH is 1. The lowest BCUT2D eigenvalue weighted by atomic mass is 9.96. The van der Waals surface area contributed by atoms with E-state index in [0.717, 1.165) is 39.1 Å². The number of aliphatic hydroxyl groups is 1. The first-order valence-corrected chi connectivity index (χ1v) is 7.83. The lowest BCUT2D eigenvalue weighted by molar-refractivity contribution is 0.00486. The maximum atomic E-state index is 9.47. The second-order valence-corrected chi connectivity index (χ2v) is 5.87. The molecule has 2 atom stereocenters. The van der Waals surface area contributed by atoms with Crippen LogP contribution in [0.5, 0.6) is 0 Å². The van der Waals surface area contributed by atoms with Crippen molar-refractivity contribution in [1.82, 2.24) is 10.2 Å². The molecule has 0 aromatic heterocycles. The van der Waals surface area contributed by atoms with Crippen LogP contribution < -0.4 is 5.32 Å². The van der Waals surface area contributed by atoms with Crippen LogP contribution in [0.15, 0.2) is 0 Å². The fourth-order valence-corrected chi connectivity index (χ4v) is 2.93. The van der Waals surface area contributed by atoms with Gasteiger partial charge in [-0.05, 0) is 59.2 Å². The second-order valence-electron chi connectivity index (χ2n) is 5.87. The van der Waals surface area contributed by atoms with Crippen molar-refractivity contribution in [1.29, 1.82) is 0 Å². The van der Waals surface area contributed by atoms with Gasteiger partial charge < -0.3 is 20.1 Å². The Morgan fingerprint density at radius 1 is 1.42 bits per heavy atom. The molecule has 0 aromatic carbocycles. The van der Waals surface area contributed by atoms with Crippen molar-refractivity contribution in [3.63, 3.8) is 0 Å². The topological polar surface area (TPSA) is 44.7 Å². The summed E-state index contributed by atoms with van der Waals surface area (Å²) in [4.78, 5) is 2.51. The number of piperidine rings is 1. The molecule has 4 heteroatoms. The van der Waals surface area contributed by atoms with Gasteiger partial charge in [0.25, 0.3) is 0 Å². The van der Waals surface area contributed by atoms with E-state index in [2.05, 4.69) is 31.0 Å². The maximum absolute atomic E-state index is 9.47. The van der Waals surface area contributed by atoms with Crippen LogP contribution in [-0.4, -0.2) is 61.0 Å². The number of likely N-dealkylation sites (tertiary alicyclic amines) is 1. The molecule has 0 spiro atoms. The van der Waals surface area contributed by atoms with Crippen LogP contribution in [0.3, 0.4) is 0 Å². The second kappa shape index (κ2) is 8.90. The lowest BCUT2D eigenvalue weighted by Crippen LogP contribution is -2.46. The molecule has 0 amide bonds. The first-order valence-electron chi connectivity index (χ1n) is 7.83. The highest BCUT2D eigenvalue weighted by atomic mass is 16.5. The van der Waals surface area contributed by atoms with Crippen molar-refractivity contribution in [3.05, 3.63) is 0 Å². The number of hydrogen-bond donors (Lipinski definition) is 2. The third-order valence-corrected chi connectivity index (χ3v) is 4.02. The fourth-order valence-electron chi connectivity index (χ4n) is 2.93. The van der Waals surface area contributed by atoms with Crippen LogP contribution >= 0.6 is 0 Å². The molecule has 1 aliphatic heterocycles. The smallest absolute Gasteiger partial charge is 0.0702 e. The van der Waals surface area contributed by atoms with Crippen LogP contribution in [0.25, 0.3) is 0 Å². The number of ether oxygens (including phenoxy) is 1. The Bertz CT molecular complexity index is 236. The van der Waals surface area contributed by atoms with Gasteiger partial charge in [0.15, 0.2) is 0 Å². The summed E-state index contributed by atoms with van der Waals surface area (Å²) in [5, 5.41) is 12.9. The predicted molar refractivity (Wildman–Crippen MR) is 79.5 cm³/mol. The van der Waals surface area contributed by atoms with Crippen molar-refractivity contribution in [3.8, 4) is 0 Å². The van der Waals surface area contributed by atoms with Gasteiger partial charge in [-0.3, -0.25) is 0 Å². The minimum absolute atomic E-state index is 0.121. The zero-order valence-electron chi connectivity index (χ0n) is 13.0. The van der Waals surface area contributed by atoms with E-state index in [1.54, 1.807) is 0 Å². The van der Waals surface area contributed by atoms with Gasteiger partial charge >= 0.3 is 0 Å². The molecule has 0 bridgehead atoms. The highest BCUT2D eigenvalue weighted by molar-refractivity contribution is 4.82. The van der Waals surface area contributed by atoms with Crippen molar-refractivity contribution in [2.24, 2.45) is 0 Å². The van der Waals surface area contributed by atoms with Gasteiger partial charge in [0.1, 0.15) is 0 Å². The number of rotatable bonds is 9. The quantitative estimate of drug-likeness (QED) is 0.669. The van der Waals surface area contributed by atoms with Crippen LogP contribution in [0.1, 0.15) is 46.5 Å². The molecule has 1 rings (SSSR count). The summed E-state index contributed by atoms with van der Waals surface area (Å²) < 4.78 is 5.73. The van der Waals surface area contributed by atoms with Gasteiger partial charge in [0.05, 0.1) is 12.7 Å². The highest BCUT2D eigenvalue weighted by Gasteiger charge is 2.23. The summed E-state index contributed by atoms with van der Waals surface area (Å²) in [5.74, 6) is 0. The third-order valence-electron chi connectivity index (χ3n) is 4.02. The lowest BCUT2D eigenvalue weighted by Gasteiger charge is -2.34. The molecule has 19 heavy (non-hydrogen) atoms. The third kappa shape index (κ3) is 6.21. The summed E-state index contributed by atoms with van der Waals surface area (Å²) in [5.41, 5.74) is -0.121. The Morgan fingerprint density at radius 2 is 2.21 bits per heavy atom. The molecule has 0 aromatic rings. The Morgan fingerprint density at radius 3 is 2.84 bits per heavy atom. The SMILES string of the molecule is CCNC(C)(CO)CCCN1CCCC(OCC)C1. The predicted octanol–water partition coefficient (Wildman–Crippen LogP) is 1.63. The van der Waals surface area contributed by atoms with E-state index < -0.39 is 0 Å². The molecule has 0 aliphatic carbocycles. The molecule has 114 valence electrons. The van der Waals surface area contributed by atoms with E-state index in [4.69, 9.17) is 4.74 Å². The Kier molecular flexibility index (Phi) is 7.91. The number of hydrogen-bond acceptors (Lipinski definition) is 4. The van der Waals surface area contributed by atoms with Crippen molar-refractivity contribution in [2.45, 2.75) is 58.1 Å². The van der Waals surface area contributed by atoms with Crippen molar-refractivity contribution < 1.29 is 9.84 Å². The molecule has 1 heterocycles. The molecule has 0 saturated carbocycles. The maximum Gasteiger partial charge on any atom is 0.0702 e. The Hall–Kier alpha value is -0.160. The van der Waals surface area contributed by atoms with Crippen LogP contribution in [0.4, 0.5) is 0 Å². The molecule has 4 nitrogen and oxygen atoms in total. The van der Waals surface area contributed by atoms with E-state index in [0.29, 0.717) is 6.10 Å². The Labute approximate surface area is 118 Å². The molecule has 1 aliphatic rings. The van der Waals surface area contributed by atoms with Gasteiger partial charge in [-0.2, -0.15) is 0 Å². The summed E-state index contributed by atoms with van der Waals surface area (Å²) in [6.45, 7) is 11.6. The van der Waals surface area contributed by atoms with Gasteiger partial charge in [0, 0.05) is 18.7 Å². The van der Waals surface area contributed by atoms with Gasteiger partial charge in [-0.15, -0.1) is 0 Å². The van der Waals surface area contributed by atoms with Crippen LogP contribution in [0, 0.1) is 0 Å². The van der Waals surface area contributed by atoms with E-state index >= 15 is 0 Å². The molecule has 2 unspecified atom stereocenters. The first-order chi connectivity index (χ1) is 9.13. The minimum Gasteiger partial charge on any atom is -0.394 e. The molecular weight excluding hydrogens is 240 g/mol. The van der Waals surface area contributed by atoms with E-state index in [1.165, 1.54) is 19.4 Å². The molecule has 1 fully saturated rings. The zero-order chi connectivity index (χ0) is 14.1. The Balaban J connectivity index is 2.24. The van der Waals surface area contributed by atoms with Crippen LogP contribution in [-0.2, 0) is 4.74 Å². The highest BCUT2D eigenvalue weighted by Crippen LogP contribution is 2.16. The van der Waals surface area contributed by atoms with E-state index in [9.17, 15) is 5.11 Å². The van der Waals surface area contributed by atoms with Crippen molar-refractivity contribution in [2.75, 3.05) is 39.4 Å². The van der Waals surface area contributed by atoms with Crippen molar-refractivity contribution >= 4 is 0 Å². The molecule has 1 saturated heterocycles. The number of nitrogens with one attached hydrogen (secondary N) is 1. The van der Waals surface area contributed by atoms with Gasteiger partial charge in [-0.1, -0.05) is 6.92 Å². The van der Waals surface area contributed by atoms with E-state index in [-0.39, 0.29) is 12.1 Å². The number of nitrogens with zero attached hydrogens (tertiary/aromatic N) is 1. The van der Waals surface area contributed by atoms with Gasteiger partial charge in [-0.25, -0.2) is 0 Å². The monoisotopic (exact) mass is 272 g/mol. The normalized spacial score (nSPS) is 24.3. The molecular formula is C15H32N2O2. The molecule has 2 N–H and O–H groups in total. The largest absolute Gasteiger partial charge is 0.394 e. The van der Waals surface area contributed by atoms with Gasteiger partial charge in [0.2, 0.25) is 0 Å². The molecule has 0 radical (unpaired) electrons. The van der Waals surface area contributed by atoms with Crippen LogP contribution in [0.2, 0.25) is 0 Å². The average molecular weight is 272 g/mol. The zero-order valence-corrected chi connectivity index (χ0v) is 13.0. The van der Waals surface area contributed by atoms with E-state index in [1.807, 2.05) is 0 Å². The standard InChI is InChI=1S/C15H32N2O2/c1-4-16-15(3,13-18)9-7-11-17-10-6-8-14(12-17)19-5-2/h14,16,18H,4-13H2,1-3H3.